The van der Waals surface area contributed by atoms with Gasteiger partial charge in [0.2, 0.25) is 5.82 Å². The zero-order chi connectivity index (χ0) is 19.3. The minimum Gasteiger partial charge on any atom is -0.345 e. The highest BCUT2D eigenvalue weighted by Gasteiger charge is 2.25. The summed E-state index contributed by atoms with van der Waals surface area (Å²) in [6, 6.07) is 9.23. The Hall–Kier alpha value is -3.22. The quantitative estimate of drug-likeness (QED) is 0.758. The first kappa shape index (κ1) is 18.2. The summed E-state index contributed by atoms with van der Waals surface area (Å²) in [4.78, 5) is 36.2. The number of pyridine rings is 2. The highest BCUT2D eigenvalue weighted by molar-refractivity contribution is 6.02. The molecule has 3 aromatic heterocycles. The number of nitrogens with one attached hydrogen (secondary N) is 1. The molecule has 0 saturated carbocycles. The van der Waals surface area contributed by atoms with Gasteiger partial charge in [-0.15, -0.1) is 0 Å². The van der Waals surface area contributed by atoms with Crippen LogP contribution in [0.4, 0.5) is 0 Å². The number of amides is 2. The molecule has 0 unspecified atom stereocenters. The van der Waals surface area contributed by atoms with Crippen molar-refractivity contribution >= 4 is 17.3 Å². The van der Waals surface area contributed by atoms with Crippen molar-refractivity contribution in [1.82, 2.24) is 24.6 Å². The summed E-state index contributed by atoms with van der Waals surface area (Å²) in [5, 5.41) is 2.86. The molecule has 0 aromatic carbocycles. The number of fused-ring (bicyclic) bond motifs is 1. The summed E-state index contributed by atoms with van der Waals surface area (Å²) < 4.78 is 1.68. The second-order valence-electron chi connectivity index (χ2n) is 6.99. The Morgan fingerprint density at radius 1 is 1.04 bits per heavy atom. The lowest BCUT2D eigenvalue weighted by Gasteiger charge is -2.19. The summed E-state index contributed by atoms with van der Waals surface area (Å²) in [5.74, 6) is -0.199. The third kappa shape index (κ3) is 3.74. The number of aromatic nitrogens is 3. The van der Waals surface area contributed by atoms with E-state index in [2.05, 4.69) is 15.3 Å². The van der Waals surface area contributed by atoms with Gasteiger partial charge in [0.15, 0.2) is 5.69 Å². The molecule has 0 bridgehead atoms. The van der Waals surface area contributed by atoms with Gasteiger partial charge in [-0.05, 0) is 36.6 Å². The molecule has 1 aliphatic heterocycles. The maximum atomic E-state index is 13.1. The van der Waals surface area contributed by atoms with E-state index < -0.39 is 0 Å². The van der Waals surface area contributed by atoms with Crippen molar-refractivity contribution in [3.63, 3.8) is 0 Å². The predicted octanol–water partition coefficient (Wildman–Crippen LogP) is 2.68. The number of nitrogens with zero attached hydrogens (tertiary/aromatic N) is 4. The van der Waals surface area contributed by atoms with Crippen molar-refractivity contribution in [1.29, 1.82) is 0 Å². The molecule has 1 aliphatic rings. The molecule has 0 spiro atoms. The number of rotatable bonds is 4. The van der Waals surface area contributed by atoms with Crippen molar-refractivity contribution in [2.45, 2.75) is 32.2 Å². The Morgan fingerprint density at radius 3 is 2.61 bits per heavy atom. The van der Waals surface area contributed by atoms with E-state index >= 15 is 0 Å². The fourth-order valence-corrected chi connectivity index (χ4v) is 3.54. The van der Waals surface area contributed by atoms with Gasteiger partial charge in [0.25, 0.3) is 11.8 Å². The molecule has 1 saturated heterocycles. The first-order valence-electron chi connectivity index (χ1n) is 9.67. The zero-order valence-corrected chi connectivity index (χ0v) is 15.7. The topological polar surface area (TPSA) is 79.6 Å². The van der Waals surface area contributed by atoms with Crippen LogP contribution in [0.1, 0.15) is 52.4 Å². The first-order valence-corrected chi connectivity index (χ1v) is 9.67. The van der Waals surface area contributed by atoms with Gasteiger partial charge in [-0.25, -0.2) is 4.98 Å². The monoisotopic (exact) mass is 377 g/mol. The van der Waals surface area contributed by atoms with E-state index in [9.17, 15) is 9.59 Å². The summed E-state index contributed by atoms with van der Waals surface area (Å²) in [7, 11) is 0. The third-order valence-corrected chi connectivity index (χ3v) is 5.02. The lowest BCUT2D eigenvalue weighted by Crippen LogP contribution is -2.32. The first-order chi connectivity index (χ1) is 13.7. The maximum Gasteiger partial charge on any atom is 0.287 e. The van der Waals surface area contributed by atoms with Crippen molar-refractivity contribution in [3.8, 4) is 0 Å². The molecule has 7 heteroatoms. The molecule has 28 heavy (non-hydrogen) atoms. The minimum atomic E-state index is -0.319. The highest BCUT2D eigenvalue weighted by atomic mass is 16.2. The summed E-state index contributed by atoms with van der Waals surface area (Å²) in [6.45, 7) is 1.84. The molecule has 144 valence electrons. The Labute approximate surface area is 163 Å². The predicted molar refractivity (Wildman–Crippen MR) is 105 cm³/mol. The smallest absolute Gasteiger partial charge is 0.287 e. The fourth-order valence-electron chi connectivity index (χ4n) is 3.54. The Kier molecular flexibility index (Phi) is 5.32. The number of carbonyl (C=O) groups is 2. The van der Waals surface area contributed by atoms with Gasteiger partial charge < -0.3 is 10.2 Å². The van der Waals surface area contributed by atoms with E-state index in [1.54, 1.807) is 23.0 Å². The van der Waals surface area contributed by atoms with Crippen LogP contribution >= 0.6 is 0 Å². The second-order valence-corrected chi connectivity index (χ2v) is 6.99. The number of carbonyl (C=O) groups excluding carboxylic acids is 2. The molecule has 0 atom stereocenters. The number of imidazole rings is 1. The van der Waals surface area contributed by atoms with Gasteiger partial charge in [-0.1, -0.05) is 25.0 Å². The van der Waals surface area contributed by atoms with Crippen molar-refractivity contribution in [2.75, 3.05) is 13.1 Å². The average molecular weight is 377 g/mol. The van der Waals surface area contributed by atoms with Crippen molar-refractivity contribution in [2.24, 2.45) is 0 Å². The molecular weight excluding hydrogens is 354 g/mol. The van der Waals surface area contributed by atoms with Gasteiger partial charge in [-0.2, -0.15) is 0 Å². The Morgan fingerprint density at radius 2 is 1.86 bits per heavy atom. The maximum absolute atomic E-state index is 13.1. The Bertz CT molecular complexity index is 975. The Balaban J connectivity index is 1.60. The van der Waals surface area contributed by atoms with Crippen LogP contribution in [0, 0.1) is 0 Å². The SMILES string of the molecule is O=C(NCc1cccnc1)c1nc(C(=O)N2CCCCCC2)c2ccccn12. The molecule has 4 rings (SSSR count). The van der Waals surface area contributed by atoms with Crippen LogP contribution in [-0.2, 0) is 6.54 Å². The largest absolute Gasteiger partial charge is 0.345 e. The molecule has 0 aliphatic carbocycles. The van der Waals surface area contributed by atoms with Crippen LogP contribution in [0.3, 0.4) is 0 Å². The molecule has 3 aromatic rings. The van der Waals surface area contributed by atoms with E-state index in [1.807, 2.05) is 35.2 Å². The van der Waals surface area contributed by atoms with Gasteiger partial charge >= 0.3 is 0 Å². The van der Waals surface area contributed by atoms with E-state index in [-0.39, 0.29) is 17.6 Å². The zero-order valence-electron chi connectivity index (χ0n) is 15.7. The van der Waals surface area contributed by atoms with Gasteiger partial charge in [0.05, 0.1) is 5.52 Å². The van der Waals surface area contributed by atoms with Crippen LogP contribution in [0.5, 0.6) is 0 Å². The van der Waals surface area contributed by atoms with Crippen LogP contribution < -0.4 is 5.32 Å². The summed E-state index contributed by atoms with van der Waals surface area (Å²) in [6.07, 6.45) is 9.48. The van der Waals surface area contributed by atoms with E-state index in [1.165, 1.54) is 0 Å². The highest BCUT2D eigenvalue weighted by Crippen LogP contribution is 2.18. The lowest BCUT2D eigenvalue weighted by atomic mass is 10.2. The molecule has 1 N–H and O–H groups in total. The van der Waals surface area contributed by atoms with Crippen molar-refractivity contribution < 1.29 is 9.59 Å². The van der Waals surface area contributed by atoms with E-state index in [0.29, 0.717) is 17.8 Å². The standard InChI is InChI=1S/C21H23N5O2/c27-20(23-15-16-8-7-10-22-14-16)19-24-18(17-9-3-6-13-26(17)19)21(28)25-11-4-1-2-5-12-25/h3,6-10,13-14H,1-2,4-5,11-12,15H2,(H,23,27). The van der Waals surface area contributed by atoms with Crippen molar-refractivity contribution in [3.05, 3.63) is 66.0 Å². The van der Waals surface area contributed by atoms with Crippen LogP contribution in [0.25, 0.3) is 5.52 Å². The van der Waals surface area contributed by atoms with Crippen LogP contribution in [0.2, 0.25) is 0 Å². The minimum absolute atomic E-state index is 0.100. The third-order valence-electron chi connectivity index (χ3n) is 5.02. The molecule has 7 nitrogen and oxygen atoms in total. The molecule has 4 heterocycles. The van der Waals surface area contributed by atoms with E-state index in [0.717, 1.165) is 44.3 Å². The average Bonchev–Trinajstić information content (AvgIpc) is 2.92. The van der Waals surface area contributed by atoms with Crippen LogP contribution in [-0.4, -0.2) is 44.2 Å². The lowest BCUT2D eigenvalue weighted by molar-refractivity contribution is 0.0758. The fraction of sp³-hybridized carbons (Fsp3) is 0.333. The normalized spacial score (nSPS) is 14.6. The van der Waals surface area contributed by atoms with Crippen LogP contribution in [0.15, 0.2) is 48.9 Å². The summed E-state index contributed by atoms with van der Waals surface area (Å²) >= 11 is 0. The second kappa shape index (κ2) is 8.21. The number of likely N-dealkylation sites (tertiary alicyclic amines) is 1. The van der Waals surface area contributed by atoms with Gasteiger partial charge in [0, 0.05) is 38.2 Å². The van der Waals surface area contributed by atoms with Gasteiger partial charge in [-0.3, -0.25) is 19.0 Å². The van der Waals surface area contributed by atoms with E-state index in [4.69, 9.17) is 0 Å². The molecular formula is C21H23N5O2. The molecule has 2 amide bonds. The number of hydrogen-bond acceptors (Lipinski definition) is 4. The number of hydrogen-bond donors (Lipinski definition) is 1. The molecule has 0 radical (unpaired) electrons. The molecule has 1 fully saturated rings. The summed E-state index contributed by atoms with van der Waals surface area (Å²) in [5.41, 5.74) is 1.90. The van der Waals surface area contributed by atoms with Gasteiger partial charge in [0.1, 0.15) is 0 Å².